The van der Waals surface area contributed by atoms with Gasteiger partial charge in [0.05, 0.1) is 19.4 Å². The van der Waals surface area contributed by atoms with Gasteiger partial charge in [-0.25, -0.2) is 4.98 Å². The van der Waals surface area contributed by atoms with E-state index < -0.39 is 0 Å². The van der Waals surface area contributed by atoms with E-state index in [1.54, 1.807) is 6.26 Å². The molecule has 0 atom stereocenters. The topological polar surface area (TPSA) is 112 Å². The second-order valence-corrected chi connectivity index (χ2v) is 4.55. The summed E-state index contributed by atoms with van der Waals surface area (Å²) in [5.74, 6) is 1.78. The zero-order chi connectivity index (χ0) is 14.7. The SMILES string of the molecule is OCCNc1nc2c(NCc3ccco3)nc(Cl)nc2[nH]1. The highest BCUT2D eigenvalue weighted by Crippen LogP contribution is 2.22. The quantitative estimate of drug-likeness (QED) is 0.512. The van der Waals surface area contributed by atoms with Crippen molar-refractivity contribution in [2.24, 2.45) is 0 Å². The van der Waals surface area contributed by atoms with Gasteiger partial charge in [-0.05, 0) is 23.7 Å². The predicted molar refractivity (Wildman–Crippen MR) is 78.3 cm³/mol. The third-order valence-corrected chi connectivity index (χ3v) is 2.90. The number of fused-ring (bicyclic) bond motifs is 1. The van der Waals surface area contributed by atoms with E-state index in [9.17, 15) is 0 Å². The Labute approximate surface area is 124 Å². The lowest BCUT2D eigenvalue weighted by Gasteiger charge is -2.04. The van der Waals surface area contributed by atoms with Gasteiger partial charge in [0.1, 0.15) is 5.76 Å². The van der Waals surface area contributed by atoms with Gasteiger partial charge >= 0.3 is 0 Å². The van der Waals surface area contributed by atoms with Crippen molar-refractivity contribution in [3.05, 3.63) is 29.4 Å². The molecule has 0 aromatic carbocycles. The number of H-pyrrole nitrogens is 1. The maximum Gasteiger partial charge on any atom is 0.226 e. The molecule has 0 saturated carbocycles. The van der Waals surface area contributed by atoms with Crippen LogP contribution in [0.25, 0.3) is 11.2 Å². The number of hydrogen-bond acceptors (Lipinski definition) is 7. The fourth-order valence-corrected chi connectivity index (χ4v) is 2.01. The number of aliphatic hydroxyl groups excluding tert-OH is 1. The van der Waals surface area contributed by atoms with Gasteiger partial charge in [0.25, 0.3) is 0 Å². The largest absolute Gasteiger partial charge is 0.467 e. The van der Waals surface area contributed by atoms with E-state index in [-0.39, 0.29) is 11.9 Å². The highest BCUT2D eigenvalue weighted by atomic mass is 35.5. The van der Waals surface area contributed by atoms with Gasteiger partial charge in [-0.2, -0.15) is 9.97 Å². The molecule has 0 amide bonds. The average Bonchev–Trinajstić information content (AvgIpc) is 3.11. The third kappa shape index (κ3) is 3.06. The lowest BCUT2D eigenvalue weighted by atomic mass is 10.4. The lowest BCUT2D eigenvalue weighted by molar-refractivity contribution is 0.311. The van der Waals surface area contributed by atoms with Crippen molar-refractivity contribution in [3.8, 4) is 0 Å². The van der Waals surface area contributed by atoms with Crippen molar-refractivity contribution in [2.45, 2.75) is 6.54 Å². The van der Waals surface area contributed by atoms with Crippen molar-refractivity contribution >= 4 is 34.5 Å². The lowest BCUT2D eigenvalue weighted by Crippen LogP contribution is -2.06. The molecule has 110 valence electrons. The zero-order valence-electron chi connectivity index (χ0n) is 10.9. The van der Waals surface area contributed by atoms with Crippen molar-refractivity contribution in [3.63, 3.8) is 0 Å². The van der Waals surface area contributed by atoms with Crippen LogP contribution in [0.5, 0.6) is 0 Å². The minimum absolute atomic E-state index is 0.00702. The molecule has 21 heavy (non-hydrogen) atoms. The molecular formula is C12H13ClN6O2. The van der Waals surface area contributed by atoms with Crippen LogP contribution in [0.1, 0.15) is 5.76 Å². The second kappa shape index (κ2) is 5.98. The Balaban J connectivity index is 1.87. The first kappa shape index (κ1) is 13.7. The Kier molecular flexibility index (Phi) is 3.89. The number of anilines is 2. The van der Waals surface area contributed by atoms with Crippen LogP contribution in [0.15, 0.2) is 22.8 Å². The number of aliphatic hydroxyl groups is 1. The fraction of sp³-hybridized carbons (Fsp3) is 0.250. The second-order valence-electron chi connectivity index (χ2n) is 4.21. The van der Waals surface area contributed by atoms with E-state index in [1.807, 2.05) is 12.1 Å². The Morgan fingerprint density at radius 3 is 2.95 bits per heavy atom. The first-order valence-electron chi connectivity index (χ1n) is 6.30. The van der Waals surface area contributed by atoms with Gasteiger partial charge in [0.2, 0.25) is 11.2 Å². The van der Waals surface area contributed by atoms with Gasteiger partial charge in [0.15, 0.2) is 17.0 Å². The molecule has 3 aromatic heterocycles. The Morgan fingerprint density at radius 2 is 2.19 bits per heavy atom. The number of hydrogen-bond donors (Lipinski definition) is 4. The van der Waals surface area contributed by atoms with Crippen LogP contribution >= 0.6 is 11.6 Å². The fourth-order valence-electron chi connectivity index (χ4n) is 1.84. The molecule has 4 N–H and O–H groups in total. The molecule has 0 spiro atoms. The van der Waals surface area contributed by atoms with Gasteiger partial charge in [-0.3, -0.25) is 0 Å². The summed E-state index contributed by atoms with van der Waals surface area (Å²) in [7, 11) is 0. The van der Waals surface area contributed by atoms with Crippen molar-refractivity contribution in [1.82, 2.24) is 19.9 Å². The average molecular weight is 309 g/mol. The van der Waals surface area contributed by atoms with Crippen LogP contribution in [0.2, 0.25) is 5.28 Å². The van der Waals surface area contributed by atoms with Gasteiger partial charge in [-0.1, -0.05) is 0 Å². The minimum Gasteiger partial charge on any atom is -0.467 e. The Bertz CT molecular complexity index is 727. The van der Waals surface area contributed by atoms with E-state index in [2.05, 4.69) is 30.6 Å². The summed E-state index contributed by atoms with van der Waals surface area (Å²) in [6.45, 7) is 0.852. The number of imidazole rings is 1. The van der Waals surface area contributed by atoms with Gasteiger partial charge in [0, 0.05) is 6.54 Å². The smallest absolute Gasteiger partial charge is 0.226 e. The maximum absolute atomic E-state index is 8.82. The first-order chi connectivity index (χ1) is 10.3. The molecule has 0 aliphatic carbocycles. The van der Waals surface area contributed by atoms with Crippen LogP contribution in [0.4, 0.5) is 11.8 Å². The molecule has 8 nitrogen and oxygen atoms in total. The highest BCUT2D eigenvalue weighted by Gasteiger charge is 2.12. The molecule has 3 heterocycles. The van der Waals surface area contributed by atoms with E-state index in [4.69, 9.17) is 21.1 Å². The molecule has 3 rings (SSSR count). The minimum atomic E-state index is 0.00702. The molecule has 0 bridgehead atoms. The Morgan fingerprint density at radius 1 is 1.29 bits per heavy atom. The highest BCUT2D eigenvalue weighted by molar-refractivity contribution is 6.28. The summed E-state index contributed by atoms with van der Waals surface area (Å²) in [5.41, 5.74) is 1.07. The monoisotopic (exact) mass is 308 g/mol. The summed E-state index contributed by atoms with van der Waals surface area (Å²) in [5, 5.41) is 15.0. The summed E-state index contributed by atoms with van der Waals surface area (Å²) in [6.07, 6.45) is 1.60. The molecule has 0 fully saturated rings. The summed E-state index contributed by atoms with van der Waals surface area (Å²) < 4.78 is 5.25. The molecule has 0 aliphatic rings. The maximum atomic E-state index is 8.82. The summed E-state index contributed by atoms with van der Waals surface area (Å²) in [6, 6.07) is 3.66. The van der Waals surface area contributed by atoms with Gasteiger partial charge in [-0.15, -0.1) is 0 Å². The number of nitrogens with one attached hydrogen (secondary N) is 3. The van der Waals surface area contributed by atoms with E-state index >= 15 is 0 Å². The number of nitrogens with zero attached hydrogens (tertiary/aromatic N) is 3. The van der Waals surface area contributed by atoms with Gasteiger partial charge < -0.3 is 25.1 Å². The number of aromatic nitrogens is 4. The number of halogens is 1. The van der Waals surface area contributed by atoms with E-state index in [0.29, 0.717) is 36.0 Å². The molecule has 3 aromatic rings. The molecular weight excluding hydrogens is 296 g/mol. The summed E-state index contributed by atoms with van der Waals surface area (Å²) >= 11 is 5.90. The number of furan rings is 1. The standard InChI is InChI=1S/C12H13ClN6O2/c13-11-17-9(15-6-7-2-1-5-21-7)8-10(18-11)19-12(16-8)14-3-4-20/h1-2,5,20H,3-4,6H2,(H3,14,15,16,17,18,19). The van der Waals surface area contributed by atoms with Crippen LogP contribution in [0, 0.1) is 0 Å². The Hall–Kier alpha value is -2.32. The number of aromatic amines is 1. The first-order valence-corrected chi connectivity index (χ1v) is 6.68. The molecule has 0 radical (unpaired) electrons. The van der Waals surface area contributed by atoms with Crippen molar-refractivity contribution in [1.29, 1.82) is 0 Å². The van der Waals surface area contributed by atoms with Crippen molar-refractivity contribution < 1.29 is 9.52 Å². The van der Waals surface area contributed by atoms with Crippen molar-refractivity contribution in [2.75, 3.05) is 23.8 Å². The third-order valence-electron chi connectivity index (χ3n) is 2.73. The van der Waals surface area contributed by atoms with E-state index in [0.717, 1.165) is 5.76 Å². The molecule has 0 saturated heterocycles. The van der Waals surface area contributed by atoms with Crippen LogP contribution in [-0.2, 0) is 6.54 Å². The molecule has 0 unspecified atom stereocenters. The van der Waals surface area contributed by atoms with E-state index in [1.165, 1.54) is 0 Å². The van der Waals surface area contributed by atoms with Crippen LogP contribution in [-0.4, -0.2) is 38.2 Å². The molecule has 9 heteroatoms. The normalized spacial score (nSPS) is 11.0. The predicted octanol–water partition coefficient (Wildman–Crippen LogP) is 1.62. The number of rotatable bonds is 6. The van der Waals surface area contributed by atoms with Crippen LogP contribution in [0.3, 0.4) is 0 Å². The van der Waals surface area contributed by atoms with Crippen LogP contribution < -0.4 is 10.6 Å². The summed E-state index contributed by atoms with van der Waals surface area (Å²) in [4.78, 5) is 15.5. The molecule has 0 aliphatic heterocycles. The zero-order valence-corrected chi connectivity index (χ0v) is 11.7.